The van der Waals surface area contributed by atoms with E-state index < -0.39 is 5.97 Å². The van der Waals surface area contributed by atoms with Gasteiger partial charge in [-0.1, -0.05) is 0 Å². The molecular formula is C19H26N2O5. The van der Waals surface area contributed by atoms with Gasteiger partial charge in [0, 0.05) is 30.3 Å². The van der Waals surface area contributed by atoms with Gasteiger partial charge in [0.2, 0.25) is 5.91 Å². The highest BCUT2D eigenvalue weighted by atomic mass is 16.5. The van der Waals surface area contributed by atoms with Crippen molar-refractivity contribution in [3.63, 3.8) is 0 Å². The molecule has 7 nitrogen and oxygen atoms in total. The third kappa shape index (κ3) is 3.82. The number of hydrogen-bond acceptors (Lipinski definition) is 5. The van der Waals surface area contributed by atoms with Gasteiger partial charge in [-0.3, -0.25) is 9.59 Å². The summed E-state index contributed by atoms with van der Waals surface area (Å²) >= 11 is 0. The van der Waals surface area contributed by atoms with Crippen LogP contribution in [0.2, 0.25) is 0 Å². The van der Waals surface area contributed by atoms with Crippen LogP contribution in [0.25, 0.3) is 0 Å². The lowest BCUT2D eigenvalue weighted by Gasteiger charge is -2.25. The zero-order valence-electron chi connectivity index (χ0n) is 15.6. The first-order chi connectivity index (χ1) is 12.4. The molecule has 2 aliphatic rings. The highest BCUT2D eigenvalue weighted by molar-refractivity contribution is 6.04. The van der Waals surface area contributed by atoms with Gasteiger partial charge in [-0.15, -0.1) is 0 Å². The molecule has 1 N–H and O–H groups in total. The van der Waals surface area contributed by atoms with E-state index in [2.05, 4.69) is 4.98 Å². The van der Waals surface area contributed by atoms with Crippen LogP contribution in [0.3, 0.4) is 0 Å². The van der Waals surface area contributed by atoms with Crippen LogP contribution in [0.5, 0.6) is 0 Å². The monoisotopic (exact) mass is 362 g/mol. The van der Waals surface area contributed by atoms with E-state index >= 15 is 0 Å². The number of nitrogens with zero attached hydrogens (tertiary/aromatic N) is 1. The maximum atomic E-state index is 12.9. The summed E-state index contributed by atoms with van der Waals surface area (Å²) in [6.45, 7) is 4.64. The van der Waals surface area contributed by atoms with Gasteiger partial charge >= 0.3 is 5.97 Å². The fourth-order valence-corrected chi connectivity index (χ4v) is 3.58. The van der Waals surface area contributed by atoms with Gasteiger partial charge in [-0.2, -0.15) is 0 Å². The van der Waals surface area contributed by atoms with Crippen LogP contribution in [0.15, 0.2) is 0 Å². The van der Waals surface area contributed by atoms with Gasteiger partial charge in [0.15, 0.2) is 5.78 Å². The normalized spacial score (nSPS) is 19.4. The minimum Gasteiger partial charge on any atom is -0.464 e. The Balaban J connectivity index is 1.77. The molecule has 1 aromatic rings. The number of carbonyl (C=O) groups excluding carboxylic acids is 3. The van der Waals surface area contributed by atoms with Gasteiger partial charge in [0.05, 0.1) is 19.8 Å². The number of hydrogen-bond donors (Lipinski definition) is 1. The largest absolute Gasteiger partial charge is 0.464 e. The van der Waals surface area contributed by atoms with Crippen molar-refractivity contribution in [3.8, 4) is 0 Å². The maximum absolute atomic E-state index is 12.9. The molecule has 2 heterocycles. The number of esters is 1. The zero-order valence-corrected chi connectivity index (χ0v) is 15.6. The summed E-state index contributed by atoms with van der Waals surface area (Å²) < 4.78 is 10.4. The van der Waals surface area contributed by atoms with E-state index in [1.807, 2.05) is 0 Å². The molecule has 1 saturated carbocycles. The number of methoxy groups -OCH3 is 1. The van der Waals surface area contributed by atoms with Crippen LogP contribution in [-0.2, 0) is 14.3 Å². The third-order valence-electron chi connectivity index (χ3n) is 5.13. The Morgan fingerprint density at radius 1 is 1.23 bits per heavy atom. The number of aromatic nitrogens is 1. The van der Waals surface area contributed by atoms with E-state index in [4.69, 9.17) is 9.47 Å². The summed E-state index contributed by atoms with van der Waals surface area (Å²) in [5.41, 5.74) is 1.93. The average Bonchev–Trinajstić information content (AvgIpc) is 3.26. The van der Waals surface area contributed by atoms with Crippen molar-refractivity contribution in [1.82, 2.24) is 9.88 Å². The lowest BCUT2D eigenvalue weighted by atomic mass is 10.0. The van der Waals surface area contributed by atoms with Gasteiger partial charge in [-0.05, 0) is 45.1 Å². The molecule has 26 heavy (non-hydrogen) atoms. The molecule has 0 aromatic carbocycles. The Labute approximate surface area is 153 Å². The Morgan fingerprint density at radius 2 is 1.96 bits per heavy atom. The molecule has 0 bridgehead atoms. The summed E-state index contributed by atoms with van der Waals surface area (Å²) in [7, 11) is 1.30. The Hall–Kier alpha value is -2.15. The molecule has 1 saturated heterocycles. The number of H-pyrrole nitrogens is 1. The predicted octanol–water partition coefficient (Wildman–Crippen LogP) is 2.02. The van der Waals surface area contributed by atoms with Crippen LogP contribution in [-0.4, -0.2) is 60.5 Å². The number of ketones is 1. The van der Waals surface area contributed by atoms with Crippen molar-refractivity contribution in [2.45, 2.75) is 45.6 Å². The van der Waals surface area contributed by atoms with E-state index in [0.29, 0.717) is 30.0 Å². The van der Waals surface area contributed by atoms with Crippen molar-refractivity contribution in [2.24, 2.45) is 5.92 Å². The standard InChI is InChI=1S/C19H26N2O5/c1-11-16(12(2)20-17(11)19(24)25-3)15(22)10-21(18(23)13-6-7-13)9-14-5-4-8-26-14/h13-14,20H,4-10H2,1-3H3/t14-/m1/s1. The van der Waals surface area contributed by atoms with Crippen molar-refractivity contribution < 1.29 is 23.9 Å². The summed E-state index contributed by atoms with van der Waals surface area (Å²) in [4.78, 5) is 42.0. The molecule has 142 valence electrons. The molecule has 1 aliphatic carbocycles. The fraction of sp³-hybridized carbons (Fsp3) is 0.632. The Bertz CT molecular complexity index is 714. The van der Waals surface area contributed by atoms with E-state index in [-0.39, 0.29) is 36.0 Å². The van der Waals surface area contributed by atoms with E-state index in [1.165, 1.54) is 7.11 Å². The van der Waals surface area contributed by atoms with Gasteiger partial charge in [0.1, 0.15) is 5.69 Å². The first kappa shape index (κ1) is 18.6. The first-order valence-corrected chi connectivity index (χ1v) is 9.13. The number of nitrogens with one attached hydrogen (secondary N) is 1. The van der Waals surface area contributed by atoms with Crippen LogP contribution in [0.1, 0.15) is 57.8 Å². The second-order valence-electron chi connectivity index (χ2n) is 7.17. The van der Waals surface area contributed by atoms with Crippen LogP contribution < -0.4 is 0 Å². The fourth-order valence-electron chi connectivity index (χ4n) is 3.58. The molecule has 2 fully saturated rings. The van der Waals surface area contributed by atoms with Gasteiger partial charge < -0.3 is 19.4 Å². The molecule has 1 aromatic heterocycles. The van der Waals surface area contributed by atoms with Crippen LogP contribution in [0.4, 0.5) is 0 Å². The molecule has 0 radical (unpaired) electrons. The topological polar surface area (TPSA) is 88.7 Å². The summed E-state index contributed by atoms with van der Waals surface area (Å²) in [6, 6.07) is 0. The lowest BCUT2D eigenvalue weighted by molar-refractivity contribution is -0.133. The smallest absolute Gasteiger partial charge is 0.354 e. The van der Waals surface area contributed by atoms with Crippen molar-refractivity contribution in [2.75, 3.05) is 26.8 Å². The van der Waals surface area contributed by atoms with E-state index in [1.54, 1.807) is 18.7 Å². The quantitative estimate of drug-likeness (QED) is 0.592. The third-order valence-corrected chi connectivity index (χ3v) is 5.13. The summed E-state index contributed by atoms with van der Waals surface area (Å²) in [5, 5.41) is 0. The summed E-state index contributed by atoms with van der Waals surface area (Å²) in [5.74, 6) is -0.593. The number of ether oxygens (including phenoxy) is 2. The van der Waals surface area contributed by atoms with Gasteiger partial charge in [0.25, 0.3) is 0 Å². The number of carbonyl (C=O) groups is 3. The molecule has 1 amide bonds. The molecule has 1 atom stereocenters. The second kappa shape index (κ2) is 7.61. The Morgan fingerprint density at radius 3 is 2.54 bits per heavy atom. The number of aromatic amines is 1. The molecule has 7 heteroatoms. The van der Waals surface area contributed by atoms with Crippen LogP contribution >= 0.6 is 0 Å². The number of rotatable bonds is 7. The predicted molar refractivity (Wildman–Crippen MR) is 94.2 cm³/mol. The van der Waals surface area contributed by atoms with E-state index in [0.717, 1.165) is 25.7 Å². The molecule has 1 aliphatic heterocycles. The average molecular weight is 362 g/mol. The minimum atomic E-state index is -0.505. The molecule has 3 rings (SSSR count). The molecular weight excluding hydrogens is 336 g/mol. The SMILES string of the molecule is COC(=O)c1[nH]c(C)c(C(=O)CN(C[C@H]2CCCO2)C(=O)C2CC2)c1C. The number of amides is 1. The van der Waals surface area contributed by atoms with Crippen LogP contribution in [0, 0.1) is 19.8 Å². The minimum absolute atomic E-state index is 0.00421. The second-order valence-corrected chi connectivity index (χ2v) is 7.17. The maximum Gasteiger partial charge on any atom is 0.354 e. The zero-order chi connectivity index (χ0) is 18.8. The highest BCUT2D eigenvalue weighted by Gasteiger charge is 2.36. The van der Waals surface area contributed by atoms with Crippen molar-refractivity contribution in [3.05, 3.63) is 22.5 Å². The highest BCUT2D eigenvalue weighted by Crippen LogP contribution is 2.32. The van der Waals surface area contributed by atoms with Crippen molar-refractivity contribution >= 4 is 17.7 Å². The Kier molecular flexibility index (Phi) is 5.46. The number of aryl methyl sites for hydroxylation is 1. The summed E-state index contributed by atoms with van der Waals surface area (Å²) in [6.07, 6.45) is 3.69. The van der Waals surface area contributed by atoms with Crippen molar-refractivity contribution in [1.29, 1.82) is 0 Å². The molecule has 0 unspecified atom stereocenters. The van der Waals surface area contributed by atoms with E-state index in [9.17, 15) is 14.4 Å². The number of Topliss-reactive ketones (excluding diaryl/α,β-unsaturated/α-hetero) is 1. The lowest BCUT2D eigenvalue weighted by Crippen LogP contribution is -2.41. The van der Waals surface area contributed by atoms with Gasteiger partial charge in [-0.25, -0.2) is 4.79 Å². The molecule has 0 spiro atoms. The first-order valence-electron chi connectivity index (χ1n) is 9.13.